The van der Waals surface area contributed by atoms with Crippen molar-refractivity contribution in [2.45, 2.75) is 19.5 Å². The van der Waals surface area contributed by atoms with Crippen molar-refractivity contribution in [2.24, 2.45) is 0 Å². The average Bonchev–Trinajstić information content (AvgIpc) is 2.88. The average molecular weight is 285 g/mol. The number of esters is 1. The molecule has 0 unspecified atom stereocenters. The summed E-state index contributed by atoms with van der Waals surface area (Å²) >= 11 is 0. The molecule has 0 aliphatic carbocycles. The normalized spacial score (nSPS) is 11.4. The topological polar surface area (TPSA) is 52.3 Å². The second kappa shape index (κ2) is 5.36. The molecule has 1 aromatic heterocycles. The lowest BCUT2D eigenvalue weighted by molar-refractivity contribution is -0.153. The molecule has 0 aliphatic rings. The molecule has 2 rings (SSSR count). The lowest BCUT2D eigenvalue weighted by atomic mass is 10.2. The molecule has 0 bridgehead atoms. The molecule has 4 nitrogen and oxygen atoms in total. The van der Waals surface area contributed by atoms with Crippen LogP contribution in [0.25, 0.3) is 0 Å². The number of ether oxygens (including phenoxy) is 1. The molecule has 106 valence electrons. The van der Waals surface area contributed by atoms with Gasteiger partial charge in [0.2, 0.25) is 5.76 Å². The van der Waals surface area contributed by atoms with Gasteiger partial charge in [0.1, 0.15) is 5.75 Å². The van der Waals surface area contributed by atoms with E-state index < -0.39 is 23.6 Å². The van der Waals surface area contributed by atoms with Gasteiger partial charge in [0.15, 0.2) is 12.1 Å². The lowest BCUT2D eigenvalue weighted by Gasteiger charge is -2.06. The number of alkyl halides is 3. The largest absolute Gasteiger partial charge is 0.452 e. The molecule has 0 N–H and O–H groups in total. The van der Waals surface area contributed by atoms with E-state index in [1.165, 1.54) is 6.07 Å². The Morgan fingerprint density at radius 1 is 1.40 bits per heavy atom. The minimum Gasteiger partial charge on any atom is -0.438 e. The van der Waals surface area contributed by atoms with Gasteiger partial charge in [-0.05, 0) is 24.1 Å². The van der Waals surface area contributed by atoms with Gasteiger partial charge in [-0.3, -0.25) is 0 Å². The van der Waals surface area contributed by atoms with Crippen LogP contribution in [0.1, 0.15) is 28.7 Å². The number of carbonyl (C=O) groups is 1. The molecule has 1 aromatic carbocycles. The second-order valence-electron chi connectivity index (χ2n) is 3.92. The molecule has 0 spiro atoms. The Labute approximate surface area is 112 Å². The third-order valence-corrected chi connectivity index (χ3v) is 2.54. The van der Waals surface area contributed by atoms with Crippen LogP contribution in [-0.4, -0.2) is 11.0 Å². The van der Waals surface area contributed by atoms with Crippen LogP contribution in [0, 0.1) is 0 Å². The maximum Gasteiger partial charge on any atom is 0.452 e. The summed E-state index contributed by atoms with van der Waals surface area (Å²) in [6, 6.07) is 6.51. The minimum atomic E-state index is -4.80. The number of halogens is 3. The highest BCUT2D eigenvalue weighted by molar-refractivity contribution is 5.90. The summed E-state index contributed by atoms with van der Waals surface area (Å²) in [4.78, 5) is 15.0. The van der Waals surface area contributed by atoms with Gasteiger partial charge in [-0.1, -0.05) is 19.1 Å². The smallest absolute Gasteiger partial charge is 0.438 e. The Hall–Kier alpha value is -2.31. The van der Waals surface area contributed by atoms with Gasteiger partial charge in [-0.25, -0.2) is 9.78 Å². The van der Waals surface area contributed by atoms with Crippen molar-refractivity contribution in [3.8, 4) is 5.75 Å². The van der Waals surface area contributed by atoms with Gasteiger partial charge in [-0.15, -0.1) is 0 Å². The van der Waals surface area contributed by atoms with Crippen molar-refractivity contribution in [2.75, 3.05) is 0 Å². The lowest BCUT2D eigenvalue weighted by Crippen LogP contribution is -2.16. The van der Waals surface area contributed by atoms with Gasteiger partial charge in [0.25, 0.3) is 0 Å². The molecule has 0 saturated carbocycles. The third kappa shape index (κ3) is 2.98. The first-order valence-electron chi connectivity index (χ1n) is 5.73. The SMILES string of the molecule is CCc1cccc(OC(=O)c2ncoc2C(F)(F)F)c1. The van der Waals surface area contributed by atoms with Crippen molar-refractivity contribution < 1.29 is 27.1 Å². The standard InChI is InChI=1S/C13H10F3NO3/c1-2-8-4-3-5-9(6-8)20-12(18)10-11(13(14,15)16)19-7-17-10/h3-7H,2H2,1H3. The Morgan fingerprint density at radius 2 is 2.15 bits per heavy atom. The number of benzene rings is 1. The number of rotatable bonds is 3. The van der Waals surface area contributed by atoms with Gasteiger partial charge >= 0.3 is 12.1 Å². The predicted octanol–water partition coefficient (Wildman–Crippen LogP) is 3.48. The summed E-state index contributed by atoms with van der Waals surface area (Å²) in [5, 5.41) is 0. The van der Waals surface area contributed by atoms with Crippen molar-refractivity contribution >= 4 is 5.97 Å². The van der Waals surface area contributed by atoms with Gasteiger partial charge in [0.05, 0.1) is 0 Å². The van der Waals surface area contributed by atoms with E-state index in [-0.39, 0.29) is 5.75 Å². The number of hydrogen-bond donors (Lipinski definition) is 0. The molecule has 0 atom stereocenters. The van der Waals surface area contributed by atoms with E-state index in [2.05, 4.69) is 9.40 Å². The summed E-state index contributed by atoms with van der Waals surface area (Å²) in [7, 11) is 0. The fourth-order valence-electron chi connectivity index (χ4n) is 1.58. The van der Waals surface area contributed by atoms with Crippen LogP contribution in [0.2, 0.25) is 0 Å². The predicted molar refractivity (Wildman–Crippen MR) is 62.3 cm³/mol. The molecule has 0 aliphatic heterocycles. The van der Waals surface area contributed by atoms with E-state index in [4.69, 9.17) is 4.74 Å². The molecule has 20 heavy (non-hydrogen) atoms. The molecule has 2 aromatic rings. The van der Waals surface area contributed by atoms with E-state index in [0.29, 0.717) is 12.8 Å². The van der Waals surface area contributed by atoms with Crippen LogP contribution in [0.5, 0.6) is 5.75 Å². The molecule has 0 radical (unpaired) electrons. The van der Waals surface area contributed by atoms with Crippen molar-refractivity contribution in [1.82, 2.24) is 4.98 Å². The molecule has 7 heteroatoms. The number of aryl methyl sites for hydroxylation is 1. The molecule has 0 saturated heterocycles. The van der Waals surface area contributed by atoms with Crippen molar-refractivity contribution in [3.63, 3.8) is 0 Å². The zero-order chi connectivity index (χ0) is 14.8. The molecule has 0 fully saturated rings. The van der Waals surface area contributed by atoms with Gasteiger partial charge in [-0.2, -0.15) is 13.2 Å². The number of oxazole rings is 1. The summed E-state index contributed by atoms with van der Waals surface area (Å²) in [6.45, 7) is 1.90. The van der Waals surface area contributed by atoms with E-state index in [1.54, 1.807) is 12.1 Å². The maximum atomic E-state index is 12.6. The summed E-state index contributed by atoms with van der Waals surface area (Å²) in [6.07, 6.45) is -3.53. The van der Waals surface area contributed by atoms with Crippen LogP contribution in [0.15, 0.2) is 35.1 Å². The van der Waals surface area contributed by atoms with Crippen LogP contribution >= 0.6 is 0 Å². The number of aromatic nitrogens is 1. The molecular weight excluding hydrogens is 275 g/mol. The van der Waals surface area contributed by atoms with Crippen LogP contribution < -0.4 is 4.74 Å². The monoisotopic (exact) mass is 285 g/mol. The number of nitrogens with zero attached hydrogens (tertiary/aromatic N) is 1. The first kappa shape index (κ1) is 14.1. The van der Waals surface area contributed by atoms with Gasteiger partial charge in [0, 0.05) is 0 Å². The molecule has 1 heterocycles. The Morgan fingerprint density at radius 3 is 2.80 bits per heavy atom. The van der Waals surface area contributed by atoms with Crippen LogP contribution in [0.3, 0.4) is 0 Å². The maximum absolute atomic E-state index is 12.6. The van der Waals surface area contributed by atoms with E-state index in [9.17, 15) is 18.0 Å². The highest BCUT2D eigenvalue weighted by Crippen LogP contribution is 2.32. The number of hydrogen-bond acceptors (Lipinski definition) is 4. The highest BCUT2D eigenvalue weighted by Gasteiger charge is 2.41. The fourth-order valence-corrected chi connectivity index (χ4v) is 1.58. The van der Waals surface area contributed by atoms with E-state index >= 15 is 0 Å². The minimum absolute atomic E-state index is 0.158. The first-order valence-corrected chi connectivity index (χ1v) is 5.73. The zero-order valence-electron chi connectivity index (χ0n) is 10.4. The van der Waals surface area contributed by atoms with Crippen molar-refractivity contribution in [1.29, 1.82) is 0 Å². The Balaban J connectivity index is 2.22. The van der Waals surface area contributed by atoms with Gasteiger partial charge < -0.3 is 9.15 Å². The Bertz CT molecular complexity index is 619. The summed E-state index contributed by atoms with van der Waals surface area (Å²) < 4.78 is 46.7. The third-order valence-electron chi connectivity index (χ3n) is 2.54. The van der Waals surface area contributed by atoms with Crippen LogP contribution in [-0.2, 0) is 12.6 Å². The summed E-state index contributed by atoms with van der Waals surface area (Å²) in [5.41, 5.74) is 0.00546. The molecular formula is C13H10F3NO3. The zero-order valence-corrected chi connectivity index (χ0v) is 10.4. The Kier molecular flexibility index (Phi) is 3.78. The fraction of sp³-hybridized carbons (Fsp3) is 0.231. The highest BCUT2D eigenvalue weighted by atomic mass is 19.4. The second-order valence-corrected chi connectivity index (χ2v) is 3.92. The summed E-state index contributed by atoms with van der Waals surface area (Å²) in [5.74, 6) is -2.51. The molecule has 0 amide bonds. The first-order chi connectivity index (χ1) is 9.41. The van der Waals surface area contributed by atoms with Crippen molar-refractivity contribution in [3.05, 3.63) is 47.7 Å². The van der Waals surface area contributed by atoms with E-state index in [1.807, 2.05) is 13.0 Å². The number of carbonyl (C=O) groups excluding carboxylic acids is 1. The quantitative estimate of drug-likeness (QED) is 0.640. The van der Waals surface area contributed by atoms with E-state index in [0.717, 1.165) is 5.56 Å². The van der Waals surface area contributed by atoms with Crippen LogP contribution in [0.4, 0.5) is 13.2 Å².